The van der Waals surface area contributed by atoms with Gasteiger partial charge >= 0.3 is 0 Å². The summed E-state index contributed by atoms with van der Waals surface area (Å²) in [5.74, 6) is 2.00. The number of rotatable bonds is 7. The Morgan fingerprint density at radius 3 is 2.69 bits per heavy atom. The topological polar surface area (TPSA) is 12.0 Å². The quantitative estimate of drug-likeness (QED) is 0.428. The highest BCUT2D eigenvalue weighted by molar-refractivity contribution is 7.99. The second kappa shape index (κ2) is 8.18. The van der Waals surface area contributed by atoms with Crippen LogP contribution in [-0.2, 0) is 6.42 Å². The number of anilines is 1. The molecule has 1 N–H and O–H groups in total. The van der Waals surface area contributed by atoms with Crippen molar-refractivity contribution in [3.8, 4) is 11.1 Å². The highest BCUT2D eigenvalue weighted by atomic mass is 32.2. The van der Waals surface area contributed by atoms with Crippen molar-refractivity contribution in [3.05, 3.63) is 72.3 Å². The second-order valence-corrected chi connectivity index (χ2v) is 8.56. The molecule has 0 saturated heterocycles. The van der Waals surface area contributed by atoms with E-state index < -0.39 is 0 Å². The number of hydrogen-bond donors (Lipinski definition) is 1. The van der Waals surface area contributed by atoms with Gasteiger partial charge in [-0.05, 0) is 54.7 Å². The highest BCUT2D eigenvalue weighted by Crippen LogP contribution is 2.38. The first kappa shape index (κ1) is 18.8. The van der Waals surface area contributed by atoms with Crippen molar-refractivity contribution >= 4 is 23.0 Å². The number of thioether (sulfide) groups is 1. The lowest BCUT2D eigenvalue weighted by Crippen LogP contribution is -2.32. The Bertz CT molecular complexity index is 817. The Labute approximate surface area is 162 Å². The maximum absolute atomic E-state index is 3.84. The van der Waals surface area contributed by atoms with Gasteiger partial charge in [0.15, 0.2) is 0 Å². The van der Waals surface area contributed by atoms with Crippen molar-refractivity contribution in [3.63, 3.8) is 0 Å². The van der Waals surface area contributed by atoms with Crippen LogP contribution in [0.5, 0.6) is 0 Å². The van der Waals surface area contributed by atoms with Crippen molar-refractivity contribution in [2.24, 2.45) is 0 Å². The fourth-order valence-corrected chi connectivity index (χ4v) is 4.30. The Kier molecular flexibility index (Phi) is 5.93. The van der Waals surface area contributed by atoms with Crippen molar-refractivity contribution in [2.45, 2.75) is 39.2 Å². The molecule has 2 aromatic rings. The van der Waals surface area contributed by atoms with Crippen LogP contribution in [0.3, 0.4) is 0 Å². The van der Waals surface area contributed by atoms with Crippen LogP contribution in [0.2, 0.25) is 0 Å². The minimum absolute atomic E-state index is 0.0143. The number of aryl methyl sites for hydroxylation is 1. The van der Waals surface area contributed by atoms with E-state index in [0.717, 1.165) is 17.9 Å². The van der Waals surface area contributed by atoms with Gasteiger partial charge in [0.1, 0.15) is 0 Å². The Morgan fingerprint density at radius 1 is 1.12 bits per heavy atom. The molecular formula is C24H29NS. The number of nitrogens with one attached hydrogen (secondary N) is 1. The van der Waals surface area contributed by atoms with E-state index in [9.17, 15) is 0 Å². The first-order valence-corrected chi connectivity index (χ1v) is 10.6. The Balaban J connectivity index is 1.96. The van der Waals surface area contributed by atoms with Gasteiger partial charge in [0.25, 0.3) is 0 Å². The summed E-state index contributed by atoms with van der Waals surface area (Å²) in [5, 5.41) is 3.66. The zero-order chi connectivity index (χ0) is 18.6. The largest absolute Gasteiger partial charge is 0.376 e. The standard InChI is InChI=1S/C24H29NS/c1-5-8-18-9-7-10-19(14-18)20-11-12-23-22(15-20)21(17-26-13-6-2)16-24(3,4)25-23/h6-7,9-12,14-16,25H,2,5,8,13,17H2,1,3-4H3. The van der Waals surface area contributed by atoms with E-state index in [1.807, 2.05) is 17.8 Å². The van der Waals surface area contributed by atoms with E-state index in [0.29, 0.717) is 0 Å². The molecule has 1 heterocycles. The van der Waals surface area contributed by atoms with Crippen molar-refractivity contribution < 1.29 is 0 Å². The van der Waals surface area contributed by atoms with E-state index in [2.05, 4.69) is 81.2 Å². The molecule has 136 valence electrons. The fourth-order valence-electron chi connectivity index (χ4n) is 3.56. The van der Waals surface area contributed by atoms with Crippen LogP contribution in [0.1, 0.15) is 38.3 Å². The van der Waals surface area contributed by atoms with Gasteiger partial charge in [0, 0.05) is 22.8 Å². The summed E-state index contributed by atoms with van der Waals surface area (Å²) < 4.78 is 0. The second-order valence-electron chi connectivity index (χ2n) is 7.53. The van der Waals surface area contributed by atoms with Gasteiger partial charge < -0.3 is 5.32 Å². The third-order valence-electron chi connectivity index (χ3n) is 4.65. The van der Waals surface area contributed by atoms with Crippen molar-refractivity contribution in [1.82, 2.24) is 0 Å². The SMILES string of the molecule is C=CCSCC1=CC(C)(C)Nc2ccc(-c3cccc(CCC)c3)cc21. The molecular weight excluding hydrogens is 334 g/mol. The predicted molar refractivity (Wildman–Crippen MR) is 119 cm³/mol. The van der Waals surface area contributed by atoms with Gasteiger partial charge in [-0.15, -0.1) is 6.58 Å². The van der Waals surface area contributed by atoms with Crippen LogP contribution in [0, 0.1) is 0 Å². The molecule has 0 radical (unpaired) electrons. The average molecular weight is 364 g/mol. The molecule has 1 aliphatic heterocycles. The maximum Gasteiger partial charge on any atom is 0.0506 e. The number of fused-ring (bicyclic) bond motifs is 1. The van der Waals surface area contributed by atoms with E-state index in [1.54, 1.807) is 0 Å². The third-order valence-corrected chi connectivity index (χ3v) is 5.64. The zero-order valence-corrected chi connectivity index (χ0v) is 17.0. The fraction of sp³-hybridized carbons (Fsp3) is 0.333. The van der Waals surface area contributed by atoms with Crippen LogP contribution >= 0.6 is 11.8 Å². The minimum atomic E-state index is -0.0143. The zero-order valence-electron chi connectivity index (χ0n) is 16.1. The molecule has 3 rings (SSSR count). The van der Waals surface area contributed by atoms with Crippen LogP contribution < -0.4 is 5.32 Å². The molecule has 0 aliphatic carbocycles. The molecule has 0 spiro atoms. The normalized spacial score (nSPS) is 15.0. The van der Waals surface area contributed by atoms with Gasteiger partial charge in [-0.3, -0.25) is 0 Å². The molecule has 2 aromatic carbocycles. The average Bonchev–Trinajstić information content (AvgIpc) is 2.61. The minimum Gasteiger partial charge on any atom is -0.376 e. The molecule has 0 saturated carbocycles. The van der Waals surface area contributed by atoms with E-state index in [-0.39, 0.29) is 5.54 Å². The summed E-state index contributed by atoms with van der Waals surface area (Å²) in [6.45, 7) is 10.5. The summed E-state index contributed by atoms with van der Waals surface area (Å²) in [6.07, 6.45) is 6.68. The molecule has 0 atom stereocenters. The molecule has 2 heteroatoms. The summed E-state index contributed by atoms with van der Waals surface area (Å²) in [4.78, 5) is 0. The summed E-state index contributed by atoms with van der Waals surface area (Å²) in [7, 11) is 0. The monoisotopic (exact) mass is 363 g/mol. The number of hydrogen-bond acceptors (Lipinski definition) is 2. The summed E-state index contributed by atoms with van der Waals surface area (Å²) in [6, 6.07) is 15.8. The van der Waals surface area contributed by atoms with Gasteiger partial charge in [0.05, 0.1) is 5.54 Å². The van der Waals surface area contributed by atoms with E-state index in [4.69, 9.17) is 0 Å². The molecule has 1 nitrogen and oxygen atoms in total. The number of benzene rings is 2. The molecule has 0 fully saturated rings. The summed E-state index contributed by atoms with van der Waals surface area (Å²) in [5.41, 5.74) is 7.99. The van der Waals surface area contributed by atoms with Crippen molar-refractivity contribution in [1.29, 1.82) is 0 Å². The van der Waals surface area contributed by atoms with Gasteiger partial charge in [-0.2, -0.15) is 11.8 Å². The van der Waals surface area contributed by atoms with Gasteiger partial charge in [0.2, 0.25) is 0 Å². The van der Waals surface area contributed by atoms with Crippen LogP contribution in [0.25, 0.3) is 16.7 Å². The third kappa shape index (κ3) is 4.42. The van der Waals surface area contributed by atoms with Crippen LogP contribution in [0.4, 0.5) is 5.69 Å². The van der Waals surface area contributed by atoms with E-state index in [1.165, 1.54) is 39.9 Å². The molecule has 0 bridgehead atoms. The highest BCUT2D eigenvalue weighted by Gasteiger charge is 2.24. The molecule has 0 amide bonds. The Morgan fingerprint density at radius 2 is 1.92 bits per heavy atom. The van der Waals surface area contributed by atoms with E-state index >= 15 is 0 Å². The first-order chi connectivity index (χ1) is 12.5. The molecule has 0 unspecified atom stereocenters. The lowest BCUT2D eigenvalue weighted by Gasteiger charge is -2.32. The summed E-state index contributed by atoms with van der Waals surface area (Å²) >= 11 is 1.92. The predicted octanol–water partition coefficient (Wildman–Crippen LogP) is 6.81. The first-order valence-electron chi connectivity index (χ1n) is 9.44. The van der Waals surface area contributed by atoms with Crippen molar-refractivity contribution in [2.75, 3.05) is 16.8 Å². The smallest absolute Gasteiger partial charge is 0.0506 e. The molecule has 0 aromatic heterocycles. The lowest BCUT2D eigenvalue weighted by molar-refractivity contribution is 0.707. The van der Waals surface area contributed by atoms with Gasteiger partial charge in [-0.25, -0.2) is 0 Å². The maximum atomic E-state index is 3.84. The Hall–Kier alpha value is -1.93. The van der Waals surface area contributed by atoms with Gasteiger partial charge in [-0.1, -0.05) is 55.8 Å². The van der Waals surface area contributed by atoms with Crippen LogP contribution in [-0.4, -0.2) is 17.0 Å². The lowest BCUT2D eigenvalue weighted by atomic mass is 9.89. The molecule has 26 heavy (non-hydrogen) atoms. The molecule has 1 aliphatic rings. The van der Waals surface area contributed by atoms with Crippen LogP contribution in [0.15, 0.2) is 61.2 Å².